The van der Waals surface area contributed by atoms with E-state index in [-0.39, 0.29) is 5.92 Å². The van der Waals surface area contributed by atoms with Crippen LogP contribution in [0, 0.1) is 24.2 Å². The predicted molar refractivity (Wildman–Crippen MR) is 150 cm³/mol. The SMILES string of the molecule is C=NNC(=NCc1cc(C(=C)N2CCC(c3ccc(C#N)cc3)CC2)c(C)cc1C1CCC1)C(C)C. The van der Waals surface area contributed by atoms with Crippen LogP contribution < -0.4 is 5.43 Å². The lowest BCUT2D eigenvalue weighted by Crippen LogP contribution is -2.31. The van der Waals surface area contributed by atoms with Gasteiger partial charge in [0.25, 0.3) is 0 Å². The van der Waals surface area contributed by atoms with Crippen molar-refractivity contribution in [1.29, 1.82) is 5.26 Å². The van der Waals surface area contributed by atoms with Crippen LogP contribution in [0.4, 0.5) is 0 Å². The largest absolute Gasteiger partial charge is 0.371 e. The van der Waals surface area contributed by atoms with Gasteiger partial charge in [0, 0.05) is 37.0 Å². The van der Waals surface area contributed by atoms with Crippen LogP contribution in [-0.4, -0.2) is 30.5 Å². The molecule has 2 aromatic carbocycles. The molecule has 0 radical (unpaired) electrons. The average molecular weight is 482 g/mol. The van der Waals surface area contributed by atoms with Gasteiger partial charge in [-0.25, -0.2) is 0 Å². The summed E-state index contributed by atoms with van der Waals surface area (Å²) >= 11 is 0. The third-order valence-electron chi connectivity index (χ3n) is 7.89. The molecule has 2 fully saturated rings. The van der Waals surface area contributed by atoms with Gasteiger partial charge >= 0.3 is 0 Å². The topological polar surface area (TPSA) is 63.8 Å². The first-order chi connectivity index (χ1) is 17.4. The minimum Gasteiger partial charge on any atom is -0.371 e. The number of rotatable bonds is 8. The Labute approximate surface area is 216 Å². The van der Waals surface area contributed by atoms with Crippen LogP contribution in [-0.2, 0) is 6.54 Å². The first-order valence-electron chi connectivity index (χ1n) is 13.2. The lowest BCUT2D eigenvalue weighted by molar-refractivity contribution is 0.299. The lowest BCUT2D eigenvalue weighted by Gasteiger charge is -2.36. The Morgan fingerprint density at radius 2 is 1.81 bits per heavy atom. The summed E-state index contributed by atoms with van der Waals surface area (Å²) in [6.07, 6.45) is 6.04. The second-order valence-electron chi connectivity index (χ2n) is 10.6. The fourth-order valence-corrected chi connectivity index (χ4v) is 5.40. The van der Waals surface area contributed by atoms with E-state index in [0.717, 1.165) is 43.0 Å². The van der Waals surface area contributed by atoms with Crippen LogP contribution in [0.3, 0.4) is 0 Å². The first kappa shape index (κ1) is 25.7. The molecular formula is C31H39N5. The zero-order chi connectivity index (χ0) is 25.7. The molecule has 1 aliphatic heterocycles. The molecular weight excluding hydrogens is 442 g/mol. The maximum Gasteiger partial charge on any atom is 0.119 e. The van der Waals surface area contributed by atoms with Crippen molar-refractivity contribution in [1.82, 2.24) is 10.3 Å². The third-order valence-corrected chi connectivity index (χ3v) is 7.89. The Bertz CT molecular complexity index is 1160. The maximum atomic E-state index is 9.08. The van der Waals surface area contributed by atoms with Crippen molar-refractivity contribution in [3.05, 3.63) is 76.4 Å². The summed E-state index contributed by atoms with van der Waals surface area (Å²) in [6.45, 7) is 17.2. The number of amidine groups is 1. The summed E-state index contributed by atoms with van der Waals surface area (Å²) in [5, 5.41) is 12.9. The van der Waals surface area contributed by atoms with Crippen molar-refractivity contribution in [2.24, 2.45) is 16.0 Å². The summed E-state index contributed by atoms with van der Waals surface area (Å²) in [5.41, 5.74) is 11.5. The highest BCUT2D eigenvalue weighted by Gasteiger charge is 2.26. The second-order valence-corrected chi connectivity index (χ2v) is 10.6. The Hall–Kier alpha value is -3.39. The number of nitrogens with zero attached hydrogens (tertiary/aromatic N) is 4. The van der Waals surface area contributed by atoms with E-state index in [1.165, 1.54) is 47.1 Å². The molecule has 2 aliphatic rings. The monoisotopic (exact) mass is 481 g/mol. The Balaban J connectivity index is 1.52. The highest BCUT2D eigenvalue weighted by atomic mass is 15.3. The van der Waals surface area contributed by atoms with Gasteiger partial charge < -0.3 is 4.90 Å². The molecule has 0 unspecified atom stereocenters. The van der Waals surface area contributed by atoms with E-state index in [9.17, 15) is 0 Å². The quantitative estimate of drug-likeness (QED) is 0.258. The second kappa shape index (κ2) is 11.6. The summed E-state index contributed by atoms with van der Waals surface area (Å²) in [5.74, 6) is 2.32. The lowest BCUT2D eigenvalue weighted by atomic mass is 9.77. The number of nitriles is 1. The van der Waals surface area contributed by atoms with E-state index >= 15 is 0 Å². The fourth-order valence-electron chi connectivity index (χ4n) is 5.40. The highest BCUT2D eigenvalue weighted by molar-refractivity contribution is 5.84. The average Bonchev–Trinajstić information content (AvgIpc) is 2.86. The smallest absolute Gasteiger partial charge is 0.119 e. The van der Waals surface area contributed by atoms with Gasteiger partial charge in [0.05, 0.1) is 18.2 Å². The Kier molecular flexibility index (Phi) is 8.25. The number of aliphatic imine (C=N–C) groups is 1. The van der Waals surface area contributed by atoms with E-state index in [2.05, 4.69) is 79.8 Å². The Morgan fingerprint density at radius 1 is 1.11 bits per heavy atom. The number of likely N-dealkylation sites (tertiary alicyclic amines) is 1. The standard InChI is InChI=1S/C31H39N5/c1-21(2)31(35-33-5)34-20-28-18-29(22(3)17-30(28)27-7-6-8-27)23(4)36-15-13-26(14-16-36)25-11-9-24(19-32)10-12-25/h9-12,17-18,21,26-27H,4-8,13-16,20H2,1-3H3,(H,34,35). The van der Waals surface area contributed by atoms with Crippen molar-refractivity contribution in [2.45, 2.75) is 71.3 Å². The molecule has 1 saturated heterocycles. The molecule has 0 aromatic heterocycles. The van der Waals surface area contributed by atoms with Crippen LogP contribution in [0.15, 0.2) is 53.1 Å². The van der Waals surface area contributed by atoms with Crippen LogP contribution in [0.25, 0.3) is 5.70 Å². The van der Waals surface area contributed by atoms with Gasteiger partial charge in [-0.1, -0.05) is 45.0 Å². The van der Waals surface area contributed by atoms with Crippen LogP contribution in [0.5, 0.6) is 0 Å². The maximum absolute atomic E-state index is 9.08. The van der Waals surface area contributed by atoms with Gasteiger partial charge in [-0.3, -0.25) is 10.4 Å². The summed E-state index contributed by atoms with van der Waals surface area (Å²) in [7, 11) is 0. The van der Waals surface area contributed by atoms with E-state index < -0.39 is 0 Å². The fraction of sp³-hybridized carbons (Fsp3) is 0.452. The van der Waals surface area contributed by atoms with E-state index in [1.807, 2.05) is 12.1 Å². The van der Waals surface area contributed by atoms with E-state index in [1.54, 1.807) is 0 Å². The molecule has 2 aromatic rings. The van der Waals surface area contributed by atoms with Crippen molar-refractivity contribution in [3.8, 4) is 6.07 Å². The molecule has 1 N–H and O–H groups in total. The zero-order valence-corrected chi connectivity index (χ0v) is 22.1. The van der Waals surface area contributed by atoms with Gasteiger partial charge in [-0.15, -0.1) is 0 Å². The highest BCUT2D eigenvalue weighted by Crippen LogP contribution is 2.40. The third kappa shape index (κ3) is 5.70. The molecule has 5 heteroatoms. The molecule has 5 nitrogen and oxygen atoms in total. The predicted octanol–water partition coefficient (Wildman–Crippen LogP) is 6.74. The van der Waals surface area contributed by atoms with E-state index in [4.69, 9.17) is 10.3 Å². The van der Waals surface area contributed by atoms with Crippen molar-refractivity contribution < 1.29 is 0 Å². The minimum atomic E-state index is 0.264. The number of aryl methyl sites for hydroxylation is 1. The summed E-state index contributed by atoms with van der Waals surface area (Å²) in [6, 6.07) is 15.1. The molecule has 4 rings (SSSR count). The molecule has 1 heterocycles. The van der Waals surface area contributed by atoms with Crippen molar-refractivity contribution in [2.75, 3.05) is 13.1 Å². The van der Waals surface area contributed by atoms with Gasteiger partial charge in [0.2, 0.25) is 0 Å². The van der Waals surface area contributed by atoms with Crippen LogP contribution in [0.2, 0.25) is 0 Å². The molecule has 0 bridgehead atoms. The molecule has 0 amide bonds. The minimum absolute atomic E-state index is 0.264. The number of piperidine rings is 1. The normalized spacial score (nSPS) is 17.0. The summed E-state index contributed by atoms with van der Waals surface area (Å²) in [4.78, 5) is 7.34. The van der Waals surface area contributed by atoms with Crippen LogP contribution in [0.1, 0.15) is 91.2 Å². The molecule has 0 spiro atoms. The van der Waals surface area contributed by atoms with Gasteiger partial charge in [0.1, 0.15) is 5.84 Å². The zero-order valence-electron chi connectivity index (χ0n) is 22.1. The van der Waals surface area contributed by atoms with Gasteiger partial charge in [-0.2, -0.15) is 10.4 Å². The Morgan fingerprint density at radius 3 is 2.36 bits per heavy atom. The van der Waals surface area contributed by atoms with Gasteiger partial charge in [-0.05, 0) is 84.9 Å². The molecule has 0 atom stereocenters. The number of benzene rings is 2. The molecule has 36 heavy (non-hydrogen) atoms. The van der Waals surface area contributed by atoms with Crippen molar-refractivity contribution >= 4 is 18.3 Å². The summed E-state index contributed by atoms with van der Waals surface area (Å²) < 4.78 is 0. The number of hydrazone groups is 1. The molecule has 1 saturated carbocycles. The van der Waals surface area contributed by atoms with E-state index in [0.29, 0.717) is 18.4 Å². The molecule has 188 valence electrons. The number of nitrogens with one attached hydrogen (secondary N) is 1. The van der Waals surface area contributed by atoms with Crippen molar-refractivity contribution in [3.63, 3.8) is 0 Å². The molecule has 1 aliphatic carbocycles. The first-order valence-corrected chi connectivity index (χ1v) is 13.2. The van der Waals surface area contributed by atoms with Crippen LogP contribution >= 0.6 is 0 Å². The van der Waals surface area contributed by atoms with Gasteiger partial charge in [0.15, 0.2) is 0 Å². The number of hydrogen-bond donors (Lipinski definition) is 1. The number of hydrogen-bond acceptors (Lipinski definition) is 4.